The summed E-state index contributed by atoms with van der Waals surface area (Å²) in [6, 6.07) is 6.87. The summed E-state index contributed by atoms with van der Waals surface area (Å²) in [5.74, 6) is 1.31. The number of hydrogen-bond donors (Lipinski definition) is 2. The first-order chi connectivity index (χ1) is 10.1. The highest BCUT2D eigenvalue weighted by molar-refractivity contribution is 5.54. The van der Waals surface area contributed by atoms with E-state index in [0.29, 0.717) is 11.8 Å². The van der Waals surface area contributed by atoms with Crippen LogP contribution in [0.15, 0.2) is 18.2 Å². The molecular weight excluding hydrogens is 260 g/mol. The first kappa shape index (κ1) is 16.2. The minimum absolute atomic E-state index is 0.171. The predicted molar refractivity (Wildman–Crippen MR) is 90.0 cm³/mol. The van der Waals surface area contributed by atoms with Gasteiger partial charge in [-0.3, -0.25) is 0 Å². The zero-order valence-electron chi connectivity index (χ0n) is 13.9. The average molecular weight is 290 g/mol. The molecule has 0 aliphatic heterocycles. The van der Waals surface area contributed by atoms with Gasteiger partial charge in [0, 0.05) is 36.4 Å². The number of phenolic OH excluding ortho intramolecular Hbond substituents is 1. The van der Waals surface area contributed by atoms with Gasteiger partial charge >= 0.3 is 0 Å². The summed E-state index contributed by atoms with van der Waals surface area (Å²) in [6.45, 7) is 4.36. The Morgan fingerprint density at radius 2 is 1.95 bits per heavy atom. The smallest absolute Gasteiger partial charge is 0.122 e. The van der Waals surface area contributed by atoms with Crippen molar-refractivity contribution in [3.63, 3.8) is 0 Å². The van der Waals surface area contributed by atoms with Crippen molar-refractivity contribution in [2.24, 2.45) is 5.92 Å². The molecular formula is C18H30N2O. The molecule has 0 bridgehead atoms. The number of anilines is 1. The highest BCUT2D eigenvalue weighted by Crippen LogP contribution is 2.34. The Labute approximate surface area is 129 Å². The van der Waals surface area contributed by atoms with Gasteiger partial charge in [0.2, 0.25) is 0 Å². The van der Waals surface area contributed by atoms with Crippen LogP contribution in [0.1, 0.15) is 57.6 Å². The van der Waals surface area contributed by atoms with Crippen LogP contribution in [0.25, 0.3) is 0 Å². The largest absolute Gasteiger partial charge is 0.508 e. The first-order valence-electron chi connectivity index (χ1n) is 8.29. The lowest BCUT2D eigenvalue weighted by molar-refractivity contribution is 0.313. The molecule has 0 heterocycles. The van der Waals surface area contributed by atoms with Crippen LogP contribution in [-0.2, 0) is 0 Å². The van der Waals surface area contributed by atoms with Crippen LogP contribution in [0.3, 0.4) is 0 Å². The van der Waals surface area contributed by atoms with Crippen molar-refractivity contribution in [1.29, 1.82) is 0 Å². The van der Waals surface area contributed by atoms with Crippen molar-refractivity contribution in [1.82, 2.24) is 5.32 Å². The number of aromatic hydroxyl groups is 1. The molecule has 1 fully saturated rings. The minimum atomic E-state index is 0.171. The van der Waals surface area contributed by atoms with E-state index in [1.54, 1.807) is 0 Å². The summed E-state index contributed by atoms with van der Waals surface area (Å²) < 4.78 is 0. The van der Waals surface area contributed by atoms with Gasteiger partial charge in [-0.05, 0) is 51.6 Å². The van der Waals surface area contributed by atoms with Crippen molar-refractivity contribution in [2.75, 3.05) is 19.0 Å². The Bertz CT molecular complexity index is 453. The molecule has 1 aromatic carbocycles. The molecule has 0 radical (unpaired) electrons. The number of benzene rings is 1. The minimum Gasteiger partial charge on any atom is -0.508 e. The lowest BCUT2D eigenvalue weighted by atomic mass is 9.84. The third-order valence-electron chi connectivity index (χ3n) is 5.26. The average Bonchev–Trinajstić information content (AvgIpc) is 2.53. The van der Waals surface area contributed by atoms with Crippen LogP contribution in [-0.4, -0.2) is 25.2 Å². The molecule has 118 valence electrons. The quantitative estimate of drug-likeness (QED) is 0.858. The number of hydrogen-bond acceptors (Lipinski definition) is 3. The van der Waals surface area contributed by atoms with E-state index >= 15 is 0 Å². The van der Waals surface area contributed by atoms with E-state index in [0.717, 1.165) is 17.2 Å². The first-order valence-corrected chi connectivity index (χ1v) is 8.29. The van der Waals surface area contributed by atoms with Gasteiger partial charge in [-0.15, -0.1) is 0 Å². The third-order valence-corrected chi connectivity index (χ3v) is 5.26. The lowest BCUT2D eigenvalue weighted by Gasteiger charge is -2.36. The highest BCUT2D eigenvalue weighted by Gasteiger charge is 2.23. The van der Waals surface area contributed by atoms with Gasteiger partial charge < -0.3 is 15.3 Å². The summed E-state index contributed by atoms with van der Waals surface area (Å²) in [5, 5.41) is 13.4. The molecule has 0 saturated heterocycles. The van der Waals surface area contributed by atoms with Crippen LogP contribution in [0.4, 0.5) is 5.69 Å². The molecule has 1 aliphatic rings. The van der Waals surface area contributed by atoms with Gasteiger partial charge in [-0.1, -0.05) is 19.4 Å². The second-order valence-corrected chi connectivity index (χ2v) is 6.45. The molecule has 1 aromatic rings. The third kappa shape index (κ3) is 3.70. The van der Waals surface area contributed by atoms with Crippen molar-refractivity contribution in [3.8, 4) is 5.75 Å². The van der Waals surface area contributed by atoms with Gasteiger partial charge in [0.05, 0.1) is 0 Å². The van der Waals surface area contributed by atoms with E-state index in [2.05, 4.69) is 37.2 Å². The van der Waals surface area contributed by atoms with Crippen LogP contribution in [0.2, 0.25) is 0 Å². The molecule has 21 heavy (non-hydrogen) atoms. The Morgan fingerprint density at radius 3 is 2.48 bits per heavy atom. The number of phenols is 1. The molecule has 3 nitrogen and oxygen atoms in total. The molecule has 2 N–H and O–H groups in total. The molecule has 0 spiro atoms. The Kier molecular flexibility index (Phi) is 5.51. The van der Waals surface area contributed by atoms with Crippen LogP contribution >= 0.6 is 0 Å². The molecule has 1 saturated carbocycles. The zero-order valence-corrected chi connectivity index (χ0v) is 13.9. The van der Waals surface area contributed by atoms with Gasteiger partial charge in [-0.25, -0.2) is 0 Å². The fraction of sp³-hybridized carbons (Fsp3) is 0.667. The monoisotopic (exact) mass is 290 g/mol. The fourth-order valence-corrected chi connectivity index (χ4v) is 3.42. The fourth-order valence-electron chi connectivity index (χ4n) is 3.42. The van der Waals surface area contributed by atoms with Gasteiger partial charge in [-0.2, -0.15) is 0 Å². The van der Waals surface area contributed by atoms with Crippen molar-refractivity contribution in [2.45, 2.75) is 58.0 Å². The molecule has 1 atom stereocenters. The van der Waals surface area contributed by atoms with Crippen molar-refractivity contribution < 1.29 is 5.11 Å². The van der Waals surface area contributed by atoms with E-state index in [9.17, 15) is 5.11 Å². The number of rotatable bonds is 5. The maximum Gasteiger partial charge on any atom is 0.122 e. The predicted octanol–water partition coefficient (Wildman–Crippen LogP) is 4.08. The van der Waals surface area contributed by atoms with Crippen molar-refractivity contribution >= 4 is 5.69 Å². The van der Waals surface area contributed by atoms with Gasteiger partial charge in [0.1, 0.15) is 5.75 Å². The SMILES string of the molecule is CCC1CCC(N(C)c2ccc(C(C)NC)c(O)c2)CC1. The molecule has 0 amide bonds. The van der Waals surface area contributed by atoms with Crippen LogP contribution < -0.4 is 10.2 Å². The van der Waals surface area contributed by atoms with E-state index in [-0.39, 0.29) is 6.04 Å². The Balaban J connectivity index is 2.06. The standard InChI is InChI=1S/C18H30N2O/c1-5-14-6-8-15(9-7-14)20(4)16-10-11-17(13(2)19-3)18(21)12-16/h10-15,19,21H,5-9H2,1-4H3. The summed E-state index contributed by atoms with van der Waals surface area (Å²) in [5.41, 5.74) is 2.09. The summed E-state index contributed by atoms with van der Waals surface area (Å²) in [4.78, 5) is 2.35. The number of nitrogens with zero attached hydrogens (tertiary/aromatic N) is 1. The van der Waals surface area contributed by atoms with Crippen LogP contribution in [0, 0.1) is 5.92 Å². The normalized spacial score (nSPS) is 23.8. The Hall–Kier alpha value is -1.22. The van der Waals surface area contributed by atoms with E-state index in [1.807, 2.05) is 19.2 Å². The lowest BCUT2D eigenvalue weighted by Crippen LogP contribution is -2.35. The zero-order chi connectivity index (χ0) is 15.4. The highest BCUT2D eigenvalue weighted by atomic mass is 16.3. The van der Waals surface area contributed by atoms with E-state index in [1.165, 1.54) is 32.1 Å². The molecule has 0 aromatic heterocycles. The summed E-state index contributed by atoms with van der Waals surface area (Å²) >= 11 is 0. The molecule has 3 heteroatoms. The maximum absolute atomic E-state index is 10.3. The van der Waals surface area contributed by atoms with E-state index in [4.69, 9.17) is 0 Å². The van der Waals surface area contributed by atoms with Crippen LogP contribution in [0.5, 0.6) is 5.75 Å². The molecule has 2 rings (SSSR count). The van der Waals surface area contributed by atoms with E-state index < -0.39 is 0 Å². The second kappa shape index (κ2) is 7.17. The second-order valence-electron chi connectivity index (χ2n) is 6.45. The maximum atomic E-state index is 10.3. The Morgan fingerprint density at radius 1 is 1.29 bits per heavy atom. The van der Waals surface area contributed by atoms with Gasteiger partial charge in [0.25, 0.3) is 0 Å². The topological polar surface area (TPSA) is 35.5 Å². The number of nitrogens with one attached hydrogen (secondary N) is 1. The molecule has 1 aliphatic carbocycles. The van der Waals surface area contributed by atoms with Crippen molar-refractivity contribution in [3.05, 3.63) is 23.8 Å². The summed E-state index contributed by atoms with van der Waals surface area (Å²) in [6.07, 6.45) is 6.53. The summed E-state index contributed by atoms with van der Waals surface area (Å²) in [7, 11) is 4.07. The van der Waals surface area contributed by atoms with Gasteiger partial charge in [0.15, 0.2) is 0 Å². The molecule has 1 unspecified atom stereocenters.